The van der Waals surface area contributed by atoms with E-state index >= 15 is 0 Å². The summed E-state index contributed by atoms with van der Waals surface area (Å²) >= 11 is 0. The van der Waals surface area contributed by atoms with E-state index in [0.29, 0.717) is 5.75 Å². The van der Waals surface area contributed by atoms with Gasteiger partial charge in [0.2, 0.25) is 0 Å². The van der Waals surface area contributed by atoms with Gasteiger partial charge in [0.05, 0.1) is 0 Å². The van der Waals surface area contributed by atoms with E-state index < -0.39 is 18.2 Å². The number of carbonyl (C=O) groups excluding carboxylic acids is 2. The lowest BCUT2D eigenvalue weighted by Gasteiger charge is -2.19. The van der Waals surface area contributed by atoms with Crippen LogP contribution in [0.5, 0.6) is 5.75 Å². The molecular weight excluding hydrogens is 272 g/mol. The standard InChI is InChI=1S/C16H18O5/c1-11(2)15(17)19-10-14(21-16(18)12(3)4)20-13-8-6-5-7-9-13/h5-9,14H,1,3,10H2,2,4H3. The first-order valence-electron chi connectivity index (χ1n) is 6.31. The molecule has 0 saturated carbocycles. The van der Waals surface area contributed by atoms with Crippen molar-refractivity contribution in [1.82, 2.24) is 0 Å². The highest BCUT2D eigenvalue weighted by molar-refractivity contribution is 5.87. The Morgan fingerprint density at radius 1 is 1.05 bits per heavy atom. The van der Waals surface area contributed by atoms with E-state index in [0.717, 1.165) is 0 Å². The molecule has 0 aliphatic carbocycles. The minimum Gasteiger partial charge on any atom is -0.454 e. The third-order valence-electron chi connectivity index (χ3n) is 2.30. The van der Waals surface area contributed by atoms with Crippen LogP contribution in [-0.4, -0.2) is 24.8 Å². The monoisotopic (exact) mass is 290 g/mol. The first-order chi connectivity index (χ1) is 9.90. The third kappa shape index (κ3) is 5.95. The van der Waals surface area contributed by atoms with Gasteiger partial charge in [0.15, 0.2) is 6.61 Å². The molecule has 0 aliphatic heterocycles. The minimum atomic E-state index is -1.06. The van der Waals surface area contributed by atoms with Gasteiger partial charge in [0.1, 0.15) is 5.75 Å². The summed E-state index contributed by atoms with van der Waals surface area (Å²) in [5.41, 5.74) is 0.475. The molecule has 0 aliphatic rings. The molecule has 0 radical (unpaired) electrons. The molecule has 0 amide bonds. The number of esters is 2. The lowest BCUT2D eigenvalue weighted by Crippen LogP contribution is -2.30. The molecule has 0 heterocycles. The molecule has 0 N–H and O–H groups in total. The minimum absolute atomic E-state index is 0.225. The second-order valence-electron chi connectivity index (χ2n) is 4.42. The van der Waals surface area contributed by atoms with Crippen molar-refractivity contribution in [2.45, 2.75) is 20.1 Å². The summed E-state index contributed by atoms with van der Waals surface area (Å²) in [5.74, 6) is -0.714. The summed E-state index contributed by atoms with van der Waals surface area (Å²) in [5, 5.41) is 0. The van der Waals surface area contributed by atoms with Crippen LogP contribution in [0.4, 0.5) is 0 Å². The number of benzene rings is 1. The van der Waals surface area contributed by atoms with E-state index in [9.17, 15) is 9.59 Å². The van der Waals surface area contributed by atoms with Crippen molar-refractivity contribution in [2.75, 3.05) is 6.61 Å². The molecule has 21 heavy (non-hydrogen) atoms. The molecule has 5 nitrogen and oxygen atoms in total. The quantitative estimate of drug-likeness (QED) is 0.439. The Hall–Kier alpha value is -2.56. The maximum Gasteiger partial charge on any atom is 0.336 e. The summed E-state index contributed by atoms with van der Waals surface area (Å²) in [4.78, 5) is 22.9. The molecule has 5 heteroatoms. The Labute approximate surface area is 123 Å². The fourth-order valence-corrected chi connectivity index (χ4v) is 1.23. The summed E-state index contributed by atoms with van der Waals surface area (Å²) in [6.45, 7) is 9.76. The Morgan fingerprint density at radius 3 is 2.14 bits per heavy atom. The van der Waals surface area contributed by atoms with Crippen LogP contribution < -0.4 is 4.74 Å². The maximum atomic E-state index is 11.6. The van der Waals surface area contributed by atoms with Crippen molar-refractivity contribution < 1.29 is 23.8 Å². The van der Waals surface area contributed by atoms with Crippen LogP contribution in [0, 0.1) is 0 Å². The van der Waals surface area contributed by atoms with Gasteiger partial charge >= 0.3 is 11.9 Å². The third-order valence-corrected chi connectivity index (χ3v) is 2.30. The molecular formula is C16H18O5. The van der Waals surface area contributed by atoms with Gasteiger partial charge < -0.3 is 14.2 Å². The van der Waals surface area contributed by atoms with Crippen molar-refractivity contribution in [1.29, 1.82) is 0 Å². The predicted molar refractivity (Wildman–Crippen MR) is 77.5 cm³/mol. The Balaban J connectivity index is 2.69. The summed E-state index contributed by atoms with van der Waals surface area (Å²) < 4.78 is 15.5. The van der Waals surface area contributed by atoms with Crippen molar-refractivity contribution >= 4 is 11.9 Å². The molecule has 0 fully saturated rings. The molecule has 0 spiro atoms. The zero-order valence-corrected chi connectivity index (χ0v) is 12.1. The average molecular weight is 290 g/mol. The van der Waals surface area contributed by atoms with Gasteiger partial charge in [0.25, 0.3) is 6.29 Å². The van der Waals surface area contributed by atoms with Crippen LogP contribution in [0.25, 0.3) is 0 Å². The normalized spacial score (nSPS) is 11.1. The van der Waals surface area contributed by atoms with Gasteiger partial charge in [-0.3, -0.25) is 0 Å². The van der Waals surface area contributed by atoms with Crippen LogP contribution >= 0.6 is 0 Å². The smallest absolute Gasteiger partial charge is 0.336 e. The average Bonchev–Trinajstić information content (AvgIpc) is 2.45. The summed E-state index contributed by atoms with van der Waals surface area (Å²) in [7, 11) is 0. The second kappa shape index (κ2) is 7.89. The van der Waals surface area contributed by atoms with E-state index in [1.54, 1.807) is 24.3 Å². The number of hydrogen-bond acceptors (Lipinski definition) is 5. The van der Waals surface area contributed by atoms with Crippen LogP contribution in [0.3, 0.4) is 0 Å². The zero-order chi connectivity index (χ0) is 15.8. The van der Waals surface area contributed by atoms with E-state index in [4.69, 9.17) is 14.2 Å². The number of hydrogen-bond donors (Lipinski definition) is 0. The first-order valence-corrected chi connectivity index (χ1v) is 6.31. The van der Waals surface area contributed by atoms with Crippen LogP contribution in [0.2, 0.25) is 0 Å². The van der Waals surface area contributed by atoms with E-state index in [1.807, 2.05) is 6.07 Å². The fourth-order valence-electron chi connectivity index (χ4n) is 1.23. The molecule has 0 saturated heterocycles. The second-order valence-corrected chi connectivity index (χ2v) is 4.42. The van der Waals surface area contributed by atoms with Crippen molar-refractivity contribution in [2.24, 2.45) is 0 Å². The van der Waals surface area contributed by atoms with Crippen LogP contribution in [0.1, 0.15) is 13.8 Å². The molecule has 1 unspecified atom stereocenters. The number of ether oxygens (including phenoxy) is 3. The Morgan fingerprint density at radius 2 is 1.62 bits per heavy atom. The zero-order valence-electron chi connectivity index (χ0n) is 12.1. The Kier molecular flexibility index (Phi) is 6.20. The molecule has 0 aromatic heterocycles. The van der Waals surface area contributed by atoms with Gasteiger partial charge in [0, 0.05) is 11.1 Å². The summed E-state index contributed by atoms with van der Waals surface area (Å²) in [6.07, 6.45) is -1.06. The van der Waals surface area contributed by atoms with Gasteiger partial charge in [-0.05, 0) is 26.0 Å². The van der Waals surface area contributed by atoms with Gasteiger partial charge in [-0.2, -0.15) is 0 Å². The van der Waals surface area contributed by atoms with Gasteiger partial charge in [-0.15, -0.1) is 0 Å². The molecule has 1 aromatic rings. The van der Waals surface area contributed by atoms with Crippen LogP contribution in [0.15, 0.2) is 54.6 Å². The first kappa shape index (κ1) is 16.5. The highest BCUT2D eigenvalue weighted by Crippen LogP contribution is 2.13. The number of carbonyl (C=O) groups is 2. The predicted octanol–water partition coefficient (Wildman–Crippen LogP) is 2.63. The lowest BCUT2D eigenvalue weighted by molar-refractivity contribution is -0.172. The topological polar surface area (TPSA) is 61.8 Å². The van der Waals surface area contributed by atoms with Crippen molar-refractivity contribution in [3.8, 4) is 5.75 Å². The number of rotatable bonds is 7. The molecule has 112 valence electrons. The number of para-hydroxylation sites is 1. The largest absolute Gasteiger partial charge is 0.454 e. The SMILES string of the molecule is C=C(C)C(=O)OCC(OC(=O)C(=C)C)Oc1ccccc1. The highest BCUT2D eigenvalue weighted by atomic mass is 16.7. The molecule has 1 atom stereocenters. The lowest BCUT2D eigenvalue weighted by atomic mass is 10.3. The Bertz CT molecular complexity index is 533. The molecule has 1 rings (SSSR count). The van der Waals surface area contributed by atoms with Crippen molar-refractivity contribution in [3.63, 3.8) is 0 Å². The van der Waals surface area contributed by atoms with Crippen LogP contribution in [-0.2, 0) is 19.1 Å². The summed E-state index contributed by atoms with van der Waals surface area (Å²) in [6, 6.07) is 8.76. The van der Waals surface area contributed by atoms with E-state index in [-0.39, 0.29) is 17.8 Å². The molecule has 1 aromatic carbocycles. The molecule has 0 bridgehead atoms. The van der Waals surface area contributed by atoms with Crippen molar-refractivity contribution in [3.05, 3.63) is 54.6 Å². The van der Waals surface area contributed by atoms with E-state index in [1.165, 1.54) is 13.8 Å². The highest BCUT2D eigenvalue weighted by Gasteiger charge is 2.19. The van der Waals surface area contributed by atoms with E-state index in [2.05, 4.69) is 13.2 Å². The maximum absolute atomic E-state index is 11.6. The van der Waals surface area contributed by atoms with Gasteiger partial charge in [-0.25, -0.2) is 9.59 Å². The van der Waals surface area contributed by atoms with Gasteiger partial charge in [-0.1, -0.05) is 31.4 Å². The fraction of sp³-hybridized carbons (Fsp3) is 0.250.